The van der Waals surface area contributed by atoms with Gasteiger partial charge in [-0.05, 0) is 31.5 Å². The van der Waals surface area contributed by atoms with Crippen LogP contribution >= 0.6 is 0 Å². The van der Waals surface area contributed by atoms with Gasteiger partial charge in [0.05, 0.1) is 28.0 Å². The van der Waals surface area contributed by atoms with Gasteiger partial charge in [-0.3, -0.25) is 14.9 Å². The molecule has 2 aromatic carbocycles. The second-order valence-electron chi connectivity index (χ2n) is 5.91. The zero-order valence-electron chi connectivity index (χ0n) is 13.2. The van der Waals surface area contributed by atoms with Crippen LogP contribution in [0.3, 0.4) is 0 Å². The molecule has 0 bridgehead atoms. The highest BCUT2D eigenvalue weighted by Crippen LogP contribution is 2.40. The lowest BCUT2D eigenvalue weighted by Crippen LogP contribution is -1.99. The molecule has 0 atom stereocenters. The molecule has 6 heteroatoms. The molecule has 4 rings (SSSR count). The summed E-state index contributed by atoms with van der Waals surface area (Å²) in [6, 6.07) is 8.57. The fraction of sp³-hybridized carbons (Fsp3) is 0.278. The first-order chi connectivity index (χ1) is 11.6. The fourth-order valence-electron chi connectivity index (χ4n) is 3.51. The van der Waals surface area contributed by atoms with E-state index in [0.717, 1.165) is 28.4 Å². The van der Waals surface area contributed by atoms with Gasteiger partial charge < -0.3 is 9.30 Å². The highest BCUT2D eigenvalue weighted by Gasteiger charge is 2.24. The lowest BCUT2D eigenvalue weighted by Gasteiger charge is -2.09. The minimum Gasteiger partial charge on any atom is -0.492 e. The molecular weight excluding hydrogens is 308 g/mol. The number of ketones is 1. The molecule has 0 aliphatic carbocycles. The molecule has 0 saturated heterocycles. The molecule has 122 valence electrons. The van der Waals surface area contributed by atoms with Gasteiger partial charge in [-0.1, -0.05) is 0 Å². The number of carbonyl (C=O) groups is 1. The second-order valence-corrected chi connectivity index (χ2v) is 5.91. The number of Topliss-reactive ketones (excluding diaryl/α,β-unsaturated/α-hetero) is 1. The molecule has 0 fully saturated rings. The number of nitro groups is 1. The van der Waals surface area contributed by atoms with Crippen LogP contribution in [0.2, 0.25) is 0 Å². The number of hydrogen-bond acceptors (Lipinski definition) is 4. The Morgan fingerprint density at radius 3 is 2.79 bits per heavy atom. The molecule has 6 nitrogen and oxygen atoms in total. The van der Waals surface area contributed by atoms with Gasteiger partial charge in [0.2, 0.25) is 0 Å². The largest absolute Gasteiger partial charge is 0.492 e. The van der Waals surface area contributed by atoms with Gasteiger partial charge in [-0.15, -0.1) is 0 Å². The quantitative estimate of drug-likeness (QED) is 0.526. The number of aromatic nitrogens is 1. The monoisotopic (exact) mass is 324 g/mol. The highest BCUT2D eigenvalue weighted by atomic mass is 16.6. The molecule has 0 amide bonds. The normalized spacial score (nSPS) is 14.5. The molecule has 2 heterocycles. The van der Waals surface area contributed by atoms with Gasteiger partial charge in [-0.2, -0.15) is 0 Å². The van der Waals surface area contributed by atoms with Crippen LogP contribution in [0.25, 0.3) is 21.8 Å². The Kier molecular flexibility index (Phi) is 3.26. The van der Waals surface area contributed by atoms with Gasteiger partial charge in [-0.25, -0.2) is 0 Å². The van der Waals surface area contributed by atoms with E-state index in [-0.39, 0.29) is 11.5 Å². The number of nitrogens with zero attached hydrogens (tertiary/aromatic N) is 2. The molecule has 0 spiro atoms. The summed E-state index contributed by atoms with van der Waals surface area (Å²) in [4.78, 5) is 23.1. The molecule has 0 unspecified atom stereocenters. The first-order valence-electron chi connectivity index (χ1n) is 8.01. The molecule has 0 saturated carbocycles. The third-order valence-corrected chi connectivity index (χ3v) is 4.59. The van der Waals surface area contributed by atoms with Crippen molar-refractivity contribution in [1.29, 1.82) is 0 Å². The van der Waals surface area contributed by atoms with Crippen molar-refractivity contribution in [3.8, 4) is 5.75 Å². The Morgan fingerprint density at radius 2 is 2.04 bits per heavy atom. The Bertz CT molecular complexity index is 1000. The van der Waals surface area contributed by atoms with Crippen LogP contribution in [0.15, 0.2) is 30.3 Å². The number of carbonyl (C=O) groups excluding carboxylic acids is 1. The number of ether oxygens (including phenoxy) is 1. The van der Waals surface area contributed by atoms with E-state index in [1.54, 1.807) is 12.1 Å². The zero-order valence-corrected chi connectivity index (χ0v) is 13.2. The van der Waals surface area contributed by atoms with Crippen molar-refractivity contribution in [2.75, 3.05) is 6.61 Å². The SMILES string of the molecule is CCn1c2ccc([N+](=O)[O-])cc2c2c3c(ccc21)C(=O)CCCO3. The summed E-state index contributed by atoms with van der Waals surface area (Å²) in [7, 11) is 0. The lowest BCUT2D eigenvalue weighted by atomic mass is 10.0. The smallest absolute Gasteiger partial charge is 0.270 e. The molecule has 24 heavy (non-hydrogen) atoms. The Hall–Kier alpha value is -2.89. The molecule has 0 radical (unpaired) electrons. The lowest BCUT2D eigenvalue weighted by molar-refractivity contribution is -0.384. The van der Waals surface area contributed by atoms with Crippen molar-refractivity contribution in [2.24, 2.45) is 0 Å². The number of rotatable bonds is 2. The van der Waals surface area contributed by atoms with Crippen LogP contribution in [-0.4, -0.2) is 21.9 Å². The molecule has 1 aliphatic heterocycles. The highest BCUT2D eigenvalue weighted by molar-refractivity contribution is 6.16. The minimum absolute atomic E-state index is 0.0372. The van der Waals surface area contributed by atoms with Crippen LogP contribution in [0.1, 0.15) is 30.1 Å². The summed E-state index contributed by atoms with van der Waals surface area (Å²) < 4.78 is 7.99. The summed E-state index contributed by atoms with van der Waals surface area (Å²) in [6.45, 7) is 3.23. The average molecular weight is 324 g/mol. The molecule has 1 aromatic heterocycles. The van der Waals surface area contributed by atoms with Crippen molar-refractivity contribution >= 4 is 33.3 Å². The molecule has 0 N–H and O–H groups in total. The summed E-state index contributed by atoms with van der Waals surface area (Å²) in [5.74, 6) is 0.625. The van der Waals surface area contributed by atoms with Crippen LogP contribution in [0, 0.1) is 10.1 Å². The van der Waals surface area contributed by atoms with Crippen LogP contribution in [0.4, 0.5) is 5.69 Å². The maximum absolute atomic E-state index is 12.3. The number of fused-ring (bicyclic) bond motifs is 5. The third-order valence-electron chi connectivity index (χ3n) is 4.59. The Morgan fingerprint density at radius 1 is 1.25 bits per heavy atom. The van der Waals surface area contributed by atoms with E-state index in [0.29, 0.717) is 30.8 Å². The predicted molar refractivity (Wildman–Crippen MR) is 90.8 cm³/mol. The van der Waals surface area contributed by atoms with E-state index in [1.807, 2.05) is 19.1 Å². The molecular formula is C18H16N2O4. The first kappa shape index (κ1) is 14.7. The van der Waals surface area contributed by atoms with Crippen LogP contribution in [-0.2, 0) is 6.54 Å². The first-order valence-corrected chi connectivity index (χ1v) is 8.01. The standard InChI is InChI=1S/C18H16N2O4/c1-2-19-14-7-5-11(20(22)23)10-13(14)17-15(19)8-6-12-16(21)4-3-9-24-18(12)17/h5-8,10H,2-4,9H2,1H3. The number of benzene rings is 2. The van der Waals surface area contributed by atoms with Crippen molar-refractivity contribution in [3.63, 3.8) is 0 Å². The summed E-state index contributed by atoms with van der Waals surface area (Å²) >= 11 is 0. The van der Waals surface area contributed by atoms with E-state index >= 15 is 0 Å². The zero-order chi connectivity index (χ0) is 16.8. The van der Waals surface area contributed by atoms with E-state index in [2.05, 4.69) is 4.57 Å². The molecule has 1 aliphatic rings. The maximum Gasteiger partial charge on any atom is 0.270 e. The van der Waals surface area contributed by atoms with Crippen LogP contribution in [0.5, 0.6) is 5.75 Å². The number of nitro benzene ring substituents is 1. The Balaban J connectivity index is 2.17. The summed E-state index contributed by atoms with van der Waals surface area (Å²) in [6.07, 6.45) is 1.15. The predicted octanol–water partition coefficient (Wildman–Crippen LogP) is 4.08. The fourth-order valence-corrected chi connectivity index (χ4v) is 3.51. The van der Waals surface area contributed by atoms with E-state index < -0.39 is 4.92 Å². The summed E-state index contributed by atoms with van der Waals surface area (Å²) in [5.41, 5.74) is 2.45. The van der Waals surface area contributed by atoms with Crippen molar-refractivity contribution in [1.82, 2.24) is 4.57 Å². The number of aryl methyl sites for hydroxylation is 1. The minimum atomic E-state index is -0.401. The van der Waals surface area contributed by atoms with Crippen molar-refractivity contribution < 1.29 is 14.5 Å². The van der Waals surface area contributed by atoms with Crippen molar-refractivity contribution in [3.05, 3.63) is 46.0 Å². The van der Waals surface area contributed by atoms with Gasteiger partial charge in [0.15, 0.2) is 5.78 Å². The maximum atomic E-state index is 12.3. The van der Waals surface area contributed by atoms with Gasteiger partial charge in [0, 0.05) is 36.0 Å². The van der Waals surface area contributed by atoms with Gasteiger partial charge in [0.25, 0.3) is 5.69 Å². The van der Waals surface area contributed by atoms with E-state index in [9.17, 15) is 14.9 Å². The van der Waals surface area contributed by atoms with E-state index in [4.69, 9.17) is 4.74 Å². The molecule has 3 aromatic rings. The summed E-state index contributed by atoms with van der Waals surface area (Å²) in [5, 5.41) is 12.7. The topological polar surface area (TPSA) is 74.4 Å². The Labute approximate surface area is 137 Å². The second kappa shape index (κ2) is 5.33. The average Bonchev–Trinajstić information content (AvgIpc) is 2.78. The number of non-ortho nitro benzene ring substituents is 1. The third kappa shape index (κ3) is 1.99. The van der Waals surface area contributed by atoms with Crippen molar-refractivity contribution in [2.45, 2.75) is 26.3 Å². The number of hydrogen-bond donors (Lipinski definition) is 0. The van der Waals surface area contributed by atoms with Gasteiger partial charge >= 0.3 is 0 Å². The van der Waals surface area contributed by atoms with E-state index in [1.165, 1.54) is 6.07 Å². The van der Waals surface area contributed by atoms with Gasteiger partial charge in [0.1, 0.15) is 5.75 Å². The van der Waals surface area contributed by atoms with Crippen LogP contribution < -0.4 is 4.74 Å².